The lowest BCUT2D eigenvalue weighted by Gasteiger charge is -2.42. The molecule has 0 bridgehead atoms. The van der Waals surface area contributed by atoms with E-state index in [9.17, 15) is 31.1 Å². The van der Waals surface area contributed by atoms with E-state index in [0.29, 0.717) is 51.4 Å². The monoisotopic (exact) mass is 612 g/mol. The molecule has 43 heavy (non-hydrogen) atoms. The molecule has 2 unspecified atom stereocenters. The number of para-hydroxylation sites is 1. The van der Waals surface area contributed by atoms with Crippen LogP contribution >= 0.6 is 0 Å². The van der Waals surface area contributed by atoms with Gasteiger partial charge < -0.3 is 19.4 Å². The number of hydrogen-bond donors (Lipinski definition) is 1. The number of methoxy groups -OCH3 is 1. The van der Waals surface area contributed by atoms with Crippen LogP contribution in [0.2, 0.25) is 0 Å². The molecule has 234 valence electrons. The van der Waals surface area contributed by atoms with Crippen molar-refractivity contribution in [1.82, 2.24) is 19.7 Å². The van der Waals surface area contributed by atoms with Crippen LogP contribution in [0.1, 0.15) is 27.0 Å². The fourth-order valence-corrected chi connectivity index (χ4v) is 5.92. The van der Waals surface area contributed by atoms with Crippen molar-refractivity contribution in [3.63, 3.8) is 0 Å². The second-order valence-electron chi connectivity index (χ2n) is 11.1. The van der Waals surface area contributed by atoms with E-state index in [-0.39, 0.29) is 18.7 Å². The third kappa shape index (κ3) is 7.51. The molecule has 0 aliphatic carbocycles. The predicted molar refractivity (Wildman–Crippen MR) is 148 cm³/mol. The van der Waals surface area contributed by atoms with Crippen LogP contribution in [0.5, 0.6) is 0 Å². The van der Waals surface area contributed by atoms with Crippen LogP contribution in [0, 0.1) is 0 Å². The zero-order valence-corrected chi connectivity index (χ0v) is 23.7. The molecule has 7 nitrogen and oxygen atoms in total. The number of nitrogens with one attached hydrogen (secondary N) is 1. The second kappa shape index (κ2) is 12.8. The summed E-state index contributed by atoms with van der Waals surface area (Å²) in [4.78, 5) is 22.8. The number of carbonyl (C=O) groups excluding carboxylic acids is 1. The first kappa shape index (κ1) is 31.3. The van der Waals surface area contributed by atoms with E-state index in [0.717, 1.165) is 36.1 Å². The van der Waals surface area contributed by atoms with Crippen LogP contribution in [-0.2, 0) is 28.2 Å². The van der Waals surface area contributed by atoms with E-state index in [1.54, 1.807) is 7.11 Å². The number of aromatic nitrogens is 1. The molecule has 2 aliphatic rings. The number of rotatable bonds is 8. The van der Waals surface area contributed by atoms with Crippen LogP contribution < -0.4 is 0 Å². The Morgan fingerprint density at radius 3 is 2.30 bits per heavy atom. The molecule has 2 saturated heterocycles. The van der Waals surface area contributed by atoms with Gasteiger partial charge >= 0.3 is 12.4 Å². The molecular formula is C30H34F6N4O3. The summed E-state index contributed by atoms with van der Waals surface area (Å²) in [6.45, 7) is 5.05. The van der Waals surface area contributed by atoms with Gasteiger partial charge in [-0.3, -0.25) is 14.6 Å². The van der Waals surface area contributed by atoms with Gasteiger partial charge in [-0.2, -0.15) is 26.3 Å². The number of piperazine rings is 1. The van der Waals surface area contributed by atoms with Gasteiger partial charge in [0.2, 0.25) is 0 Å². The number of carbonyl (C=O) groups is 1. The summed E-state index contributed by atoms with van der Waals surface area (Å²) in [6.07, 6.45) is -7.88. The number of fused-ring (bicyclic) bond motifs is 1. The summed E-state index contributed by atoms with van der Waals surface area (Å²) in [7, 11) is 1.63. The van der Waals surface area contributed by atoms with Gasteiger partial charge in [-0.15, -0.1) is 0 Å². The Morgan fingerprint density at radius 2 is 1.63 bits per heavy atom. The van der Waals surface area contributed by atoms with Crippen LogP contribution in [0.3, 0.4) is 0 Å². The molecule has 1 aromatic heterocycles. The highest BCUT2D eigenvalue weighted by Crippen LogP contribution is 2.37. The van der Waals surface area contributed by atoms with Crippen LogP contribution in [-0.4, -0.2) is 104 Å². The highest BCUT2D eigenvalue weighted by atomic mass is 19.4. The van der Waals surface area contributed by atoms with Gasteiger partial charge in [0.15, 0.2) is 0 Å². The molecule has 1 N–H and O–H groups in total. The van der Waals surface area contributed by atoms with Gasteiger partial charge in [-0.05, 0) is 36.2 Å². The van der Waals surface area contributed by atoms with Gasteiger partial charge in [-0.1, -0.05) is 18.2 Å². The van der Waals surface area contributed by atoms with Gasteiger partial charge in [0.1, 0.15) is 0 Å². The lowest BCUT2D eigenvalue weighted by Crippen LogP contribution is -2.57. The van der Waals surface area contributed by atoms with Gasteiger partial charge in [0.05, 0.1) is 30.4 Å². The quantitative estimate of drug-likeness (QED) is 0.366. The molecule has 0 saturated carbocycles. The fourth-order valence-electron chi connectivity index (χ4n) is 5.92. The maximum absolute atomic E-state index is 13.7. The van der Waals surface area contributed by atoms with Crippen molar-refractivity contribution in [2.24, 2.45) is 0 Å². The average molecular weight is 613 g/mol. The molecule has 5 rings (SSSR count). The molecule has 13 heteroatoms. The summed E-state index contributed by atoms with van der Waals surface area (Å²) in [6, 6.07) is 8.21. The smallest absolute Gasteiger partial charge is 0.382 e. The minimum Gasteiger partial charge on any atom is -0.382 e. The Kier molecular flexibility index (Phi) is 9.35. The first-order valence-electron chi connectivity index (χ1n) is 14.1. The molecule has 3 aromatic rings. The molecule has 2 fully saturated rings. The van der Waals surface area contributed by atoms with E-state index in [1.807, 2.05) is 30.5 Å². The summed E-state index contributed by atoms with van der Waals surface area (Å²) in [5, 5.41) is 0.947. The third-order valence-electron chi connectivity index (χ3n) is 8.10. The van der Waals surface area contributed by atoms with Crippen molar-refractivity contribution >= 4 is 16.8 Å². The summed E-state index contributed by atoms with van der Waals surface area (Å²) in [5.74, 6) is -0.850. The Balaban J connectivity index is 1.38. The van der Waals surface area contributed by atoms with Gasteiger partial charge in [-0.25, -0.2) is 0 Å². The number of halogens is 6. The standard InChI is InChI=1S/C30H34F6N4O3/c1-42-19-25-18-39(10-11-43-25)7-6-38-8-9-40(24(17-38)14-21-16-37-27-5-3-2-4-26(21)27)28(41)20-12-22(29(31,32)33)15-23(13-20)30(34,35)36/h2-5,12-13,15-16,24-25,37H,6-11,14,17-19H2,1H3. The molecule has 3 heterocycles. The highest BCUT2D eigenvalue weighted by molar-refractivity contribution is 5.95. The number of amides is 1. The van der Waals surface area contributed by atoms with E-state index < -0.39 is 41.0 Å². The first-order valence-corrected chi connectivity index (χ1v) is 14.1. The van der Waals surface area contributed by atoms with Gasteiger partial charge in [0, 0.05) is 81.6 Å². The van der Waals surface area contributed by atoms with Crippen molar-refractivity contribution < 1.29 is 40.6 Å². The molecule has 2 atom stereocenters. The number of ether oxygens (including phenoxy) is 2. The highest BCUT2D eigenvalue weighted by Gasteiger charge is 2.39. The summed E-state index contributed by atoms with van der Waals surface area (Å²) < 4.78 is 92.3. The maximum atomic E-state index is 13.7. The zero-order valence-electron chi connectivity index (χ0n) is 23.7. The first-order chi connectivity index (χ1) is 20.4. The number of hydrogen-bond acceptors (Lipinski definition) is 5. The Hall–Kier alpha value is -3.13. The number of benzene rings is 2. The number of H-pyrrole nitrogens is 1. The summed E-state index contributed by atoms with van der Waals surface area (Å²) in [5.41, 5.74) is -1.83. The average Bonchev–Trinajstić information content (AvgIpc) is 3.38. The summed E-state index contributed by atoms with van der Waals surface area (Å²) >= 11 is 0. The van der Waals surface area contributed by atoms with Crippen LogP contribution in [0.4, 0.5) is 26.3 Å². The predicted octanol–water partition coefficient (Wildman–Crippen LogP) is 4.92. The maximum Gasteiger partial charge on any atom is 0.416 e. The molecule has 1 amide bonds. The zero-order chi connectivity index (χ0) is 30.8. The second-order valence-corrected chi connectivity index (χ2v) is 11.1. The van der Waals surface area contributed by atoms with Crippen molar-refractivity contribution in [3.05, 3.63) is 70.9 Å². The third-order valence-corrected chi connectivity index (χ3v) is 8.10. The van der Waals surface area contributed by atoms with Gasteiger partial charge in [0.25, 0.3) is 5.91 Å². The Bertz CT molecular complexity index is 1370. The number of aromatic amines is 1. The van der Waals surface area contributed by atoms with E-state index in [4.69, 9.17) is 9.47 Å². The number of nitrogens with zero attached hydrogens (tertiary/aromatic N) is 3. The topological polar surface area (TPSA) is 61.0 Å². The van der Waals surface area contributed by atoms with Crippen molar-refractivity contribution in [3.8, 4) is 0 Å². The lowest BCUT2D eigenvalue weighted by atomic mass is 9.98. The van der Waals surface area contributed by atoms with Crippen LogP contribution in [0.25, 0.3) is 10.9 Å². The van der Waals surface area contributed by atoms with E-state index in [2.05, 4.69) is 14.8 Å². The Morgan fingerprint density at radius 1 is 0.953 bits per heavy atom. The molecular weight excluding hydrogens is 578 g/mol. The Labute approximate surface area is 245 Å². The molecule has 0 radical (unpaired) electrons. The van der Waals surface area contributed by atoms with Crippen molar-refractivity contribution in [2.45, 2.75) is 30.9 Å². The number of alkyl halides is 6. The SMILES string of the molecule is COCC1CN(CCN2CCN(C(=O)c3cc(C(F)(F)F)cc(C(F)(F)F)c3)C(Cc3c[nH]c4ccccc34)C2)CCO1. The van der Waals surface area contributed by atoms with E-state index in [1.165, 1.54) is 4.90 Å². The lowest BCUT2D eigenvalue weighted by molar-refractivity contribution is -0.143. The van der Waals surface area contributed by atoms with E-state index >= 15 is 0 Å². The van der Waals surface area contributed by atoms with Crippen LogP contribution in [0.15, 0.2) is 48.7 Å². The fraction of sp³-hybridized carbons (Fsp3) is 0.500. The largest absolute Gasteiger partial charge is 0.416 e. The molecule has 2 aliphatic heterocycles. The van der Waals surface area contributed by atoms with Crippen molar-refractivity contribution in [1.29, 1.82) is 0 Å². The minimum atomic E-state index is -5.04. The number of morpholine rings is 1. The minimum absolute atomic E-state index is 0.0168. The van der Waals surface area contributed by atoms with Crippen molar-refractivity contribution in [2.75, 3.05) is 66.1 Å². The molecule has 0 spiro atoms. The molecule has 2 aromatic carbocycles. The normalized spacial score (nSPS) is 21.0.